The number of aliphatic imine (C=N–C) groups is 1. The second-order valence-electron chi connectivity index (χ2n) is 6.65. The lowest BCUT2D eigenvalue weighted by Crippen LogP contribution is -2.46. The average Bonchev–Trinajstić information content (AvgIpc) is 3.17. The van der Waals surface area contributed by atoms with Gasteiger partial charge in [-0.2, -0.15) is 0 Å². The fourth-order valence-electron chi connectivity index (χ4n) is 3.17. The van der Waals surface area contributed by atoms with E-state index in [0.29, 0.717) is 23.4 Å². The molecule has 0 aromatic carbocycles. The van der Waals surface area contributed by atoms with E-state index in [2.05, 4.69) is 44.3 Å². The molecule has 1 aliphatic heterocycles. The Morgan fingerprint density at radius 2 is 2.12 bits per heavy atom. The van der Waals surface area contributed by atoms with Gasteiger partial charge in [0.2, 0.25) is 0 Å². The fourth-order valence-corrected chi connectivity index (χ4v) is 4.02. The van der Waals surface area contributed by atoms with Gasteiger partial charge < -0.3 is 15.1 Å². The van der Waals surface area contributed by atoms with Crippen LogP contribution in [0.25, 0.3) is 0 Å². The number of nitrogens with zero attached hydrogens (tertiary/aromatic N) is 4. The summed E-state index contributed by atoms with van der Waals surface area (Å²) in [5, 5.41) is 21.9. The molecule has 0 saturated carbocycles. The maximum Gasteiger partial charge on any atom is 0.145 e. The average molecular weight is 375 g/mol. The van der Waals surface area contributed by atoms with Gasteiger partial charge in [-0.1, -0.05) is 6.07 Å². The van der Waals surface area contributed by atoms with E-state index < -0.39 is 0 Å². The third kappa shape index (κ3) is 4.29. The molecule has 1 atom stereocenters. The molecule has 0 bridgehead atoms. The van der Waals surface area contributed by atoms with E-state index in [1.807, 2.05) is 0 Å². The lowest BCUT2D eigenvalue weighted by molar-refractivity contribution is 0.116. The number of aryl methyl sites for hydroxylation is 1. The number of hydrogen-bond donors (Lipinski definition) is 2. The zero-order valence-corrected chi connectivity index (χ0v) is 16.1. The third-order valence-corrected chi connectivity index (χ3v) is 5.85. The number of thiophene rings is 1. The van der Waals surface area contributed by atoms with Gasteiger partial charge in [-0.25, -0.2) is 0 Å². The molecule has 6 nitrogen and oxygen atoms in total. The Balaban J connectivity index is 1.78. The molecular formula is C19H26N4O2S. The standard InChI is InChI=1S/C19H26N4O2S/c1-14-19(25)16(15(13-24)10-21-14)11-20-12-17(18-4-3-9-26-18)23-7-5-22(2)6-8-23/h3-4,9-11,17,24-25H,5-8,12-13H2,1-2H3/t17-/m1/s1. The molecular weight excluding hydrogens is 348 g/mol. The molecule has 0 spiro atoms. The highest BCUT2D eigenvalue weighted by Crippen LogP contribution is 2.27. The maximum atomic E-state index is 10.3. The van der Waals surface area contributed by atoms with Gasteiger partial charge in [0.1, 0.15) is 5.75 Å². The van der Waals surface area contributed by atoms with Crippen LogP contribution in [0.5, 0.6) is 5.75 Å². The van der Waals surface area contributed by atoms with E-state index in [1.54, 1.807) is 30.7 Å². The lowest BCUT2D eigenvalue weighted by Gasteiger charge is -2.37. The van der Waals surface area contributed by atoms with Crippen LogP contribution < -0.4 is 0 Å². The summed E-state index contributed by atoms with van der Waals surface area (Å²) in [7, 11) is 2.15. The molecule has 2 aromatic rings. The minimum absolute atomic E-state index is 0.0903. The molecule has 0 unspecified atom stereocenters. The first kappa shape index (κ1) is 19.0. The molecule has 140 valence electrons. The number of rotatable bonds is 6. The summed E-state index contributed by atoms with van der Waals surface area (Å²) in [5.41, 5.74) is 1.69. The highest BCUT2D eigenvalue weighted by atomic mass is 32.1. The van der Waals surface area contributed by atoms with E-state index >= 15 is 0 Å². The Labute approximate surface area is 158 Å². The number of aliphatic hydroxyl groups excluding tert-OH is 1. The number of aromatic nitrogens is 1. The third-order valence-electron chi connectivity index (χ3n) is 4.88. The van der Waals surface area contributed by atoms with Crippen molar-refractivity contribution in [2.75, 3.05) is 39.8 Å². The van der Waals surface area contributed by atoms with E-state index in [0.717, 1.165) is 26.2 Å². The van der Waals surface area contributed by atoms with Crippen LogP contribution in [0.15, 0.2) is 28.7 Å². The van der Waals surface area contributed by atoms with Gasteiger partial charge in [0, 0.05) is 54.6 Å². The van der Waals surface area contributed by atoms with Crippen molar-refractivity contribution in [1.82, 2.24) is 14.8 Å². The molecule has 1 saturated heterocycles. The zero-order valence-electron chi connectivity index (χ0n) is 15.3. The minimum atomic E-state index is -0.172. The Morgan fingerprint density at radius 1 is 1.35 bits per heavy atom. The Bertz CT molecular complexity index is 740. The van der Waals surface area contributed by atoms with Crippen molar-refractivity contribution in [1.29, 1.82) is 0 Å². The monoisotopic (exact) mass is 374 g/mol. The molecule has 0 aliphatic carbocycles. The highest BCUT2D eigenvalue weighted by molar-refractivity contribution is 7.10. The molecule has 2 aromatic heterocycles. The SMILES string of the molecule is Cc1ncc(CO)c(C=NC[C@H](c2cccs2)N2CCN(C)CC2)c1O. The van der Waals surface area contributed by atoms with Gasteiger partial charge in [0.15, 0.2) is 0 Å². The zero-order chi connectivity index (χ0) is 18.5. The second kappa shape index (κ2) is 8.73. The summed E-state index contributed by atoms with van der Waals surface area (Å²) in [6.07, 6.45) is 3.26. The van der Waals surface area contributed by atoms with Crippen molar-refractivity contribution < 1.29 is 10.2 Å². The van der Waals surface area contributed by atoms with E-state index in [9.17, 15) is 10.2 Å². The topological polar surface area (TPSA) is 72.2 Å². The molecule has 7 heteroatoms. The highest BCUT2D eigenvalue weighted by Gasteiger charge is 2.24. The number of hydrogen-bond acceptors (Lipinski definition) is 7. The van der Waals surface area contributed by atoms with Crippen LogP contribution in [0, 0.1) is 6.92 Å². The fraction of sp³-hybridized carbons (Fsp3) is 0.474. The summed E-state index contributed by atoms with van der Waals surface area (Å²) in [4.78, 5) is 14.9. The first-order valence-corrected chi connectivity index (χ1v) is 9.72. The van der Waals surface area contributed by atoms with Crippen LogP contribution in [0.1, 0.15) is 27.7 Å². The first-order chi connectivity index (χ1) is 12.6. The van der Waals surface area contributed by atoms with Crippen molar-refractivity contribution >= 4 is 17.6 Å². The molecule has 2 N–H and O–H groups in total. The molecule has 0 radical (unpaired) electrons. The van der Waals surface area contributed by atoms with Crippen molar-refractivity contribution in [3.8, 4) is 5.75 Å². The predicted octanol–water partition coefficient (Wildman–Crippen LogP) is 2.06. The van der Waals surface area contributed by atoms with Crippen LogP contribution in [0.4, 0.5) is 0 Å². The lowest BCUT2D eigenvalue weighted by atomic mass is 10.1. The van der Waals surface area contributed by atoms with Crippen molar-refractivity contribution in [2.24, 2.45) is 4.99 Å². The number of aromatic hydroxyl groups is 1. The summed E-state index contributed by atoms with van der Waals surface area (Å²) < 4.78 is 0. The van der Waals surface area contributed by atoms with Gasteiger partial charge in [-0.15, -0.1) is 11.3 Å². The Morgan fingerprint density at radius 3 is 2.77 bits per heavy atom. The molecule has 1 aliphatic rings. The van der Waals surface area contributed by atoms with Crippen molar-refractivity contribution in [2.45, 2.75) is 19.6 Å². The van der Waals surface area contributed by atoms with Gasteiger partial charge in [-0.3, -0.25) is 14.9 Å². The van der Waals surface area contributed by atoms with Gasteiger partial charge in [0.05, 0.1) is 24.9 Å². The van der Waals surface area contributed by atoms with E-state index in [4.69, 9.17) is 0 Å². The Kier molecular flexibility index (Phi) is 6.37. The summed E-state index contributed by atoms with van der Waals surface area (Å²) in [6.45, 7) is 6.36. The molecule has 3 heterocycles. The van der Waals surface area contributed by atoms with E-state index in [1.165, 1.54) is 4.88 Å². The van der Waals surface area contributed by atoms with Crippen LogP contribution in [-0.2, 0) is 6.61 Å². The van der Waals surface area contributed by atoms with Crippen LogP contribution >= 0.6 is 11.3 Å². The smallest absolute Gasteiger partial charge is 0.145 e. The van der Waals surface area contributed by atoms with Crippen LogP contribution in [0.2, 0.25) is 0 Å². The number of aliphatic hydroxyl groups is 1. The molecule has 26 heavy (non-hydrogen) atoms. The molecule has 0 amide bonds. The van der Waals surface area contributed by atoms with Crippen molar-refractivity contribution in [3.05, 3.63) is 45.4 Å². The second-order valence-corrected chi connectivity index (χ2v) is 7.63. The number of likely N-dealkylation sites (N-methyl/N-ethyl adjacent to an activating group) is 1. The van der Waals surface area contributed by atoms with Gasteiger partial charge >= 0.3 is 0 Å². The summed E-state index contributed by atoms with van der Waals surface area (Å²) in [5.74, 6) is 0.0903. The minimum Gasteiger partial charge on any atom is -0.505 e. The first-order valence-electron chi connectivity index (χ1n) is 8.84. The number of piperazine rings is 1. The largest absolute Gasteiger partial charge is 0.505 e. The molecule has 1 fully saturated rings. The van der Waals surface area contributed by atoms with E-state index in [-0.39, 0.29) is 18.4 Å². The van der Waals surface area contributed by atoms with Crippen LogP contribution in [-0.4, -0.2) is 71.0 Å². The van der Waals surface area contributed by atoms with Gasteiger partial charge in [-0.05, 0) is 25.4 Å². The maximum absolute atomic E-state index is 10.3. The van der Waals surface area contributed by atoms with Gasteiger partial charge in [0.25, 0.3) is 0 Å². The quantitative estimate of drug-likeness (QED) is 0.757. The normalized spacial score (nSPS) is 17.8. The number of pyridine rings is 1. The van der Waals surface area contributed by atoms with Crippen molar-refractivity contribution in [3.63, 3.8) is 0 Å². The molecule has 3 rings (SSSR count). The predicted molar refractivity (Wildman–Crippen MR) is 105 cm³/mol. The van der Waals surface area contributed by atoms with Crippen LogP contribution in [0.3, 0.4) is 0 Å². The summed E-state index contributed by atoms with van der Waals surface area (Å²) >= 11 is 1.76. The Hall–Kier alpha value is -1.80. The summed E-state index contributed by atoms with van der Waals surface area (Å²) in [6, 6.07) is 4.48.